The largest absolute Gasteiger partial charge is 0.396 e. The van der Waals surface area contributed by atoms with Crippen molar-refractivity contribution >= 4 is 6.03 Å². The maximum Gasteiger partial charge on any atom is 0.317 e. The van der Waals surface area contributed by atoms with E-state index in [4.69, 9.17) is 0 Å². The quantitative estimate of drug-likeness (QED) is 0.821. The Morgan fingerprint density at radius 3 is 2.77 bits per heavy atom. The van der Waals surface area contributed by atoms with Crippen LogP contribution in [0.1, 0.15) is 44.1 Å². The molecule has 1 aromatic carbocycles. The summed E-state index contributed by atoms with van der Waals surface area (Å²) in [6.07, 6.45) is 6.33. The van der Waals surface area contributed by atoms with Crippen LogP contribution in [0.15, 0.2) is 30.3 Å². The number of nitrogens with one attached hydrogen (secondary N) is 1. The molecule has 26 heavy (non-hydrogen) atoms. The van der Waals surface area contributed by atoms with E-state index in [1.807, 2.05) is 4.90 Å². The lowest BCUT2D eigenvalue weighted by Gasteiger charge is -2.37. The summed E-state index contributed by atoms with van der Waals surface area (Å²) in [5.74, 6) is 0.525. The first-order valence-electron chi connectivity index (χ1n) is 10.2. The lowest BCUT2D eigenvalue weighted by Crippen LogP contribution is -2.50. The zero-order valence-electron chi connectivity index (χ0n) is 15.8. The van der Waals surface area contributed by atoms with E-state index in [9.17, 15) is 9.90 Å². The Hall–Kier alpha value is -1.59. The molecule has 2 unspecified atom stereocenters. The number of carbonyl (C=O) groups is 1. The van der Waals surface area contributed by atoms with Crippen molar-refractivity contribution in [1.29, 1.82) is 0 Å². The Morgan fingerprint density at radius 1 is 1.12 bits per heavy atom. The molecule has 2 heterocycles. The average Bonchev–Trinajstić information content (AvgIpc) is 2.68. The van der Waals surface area contributed by atoms with Gasteiger partial charge in [-0.2, -0.15) is 0 Å². The van der Waals surface area contributed by atoms with Gasteiger partial charge in [0.15, 0.2) is 0 Å². The third-order valence-electron chi connectivity index (χ3n) is 5.74. The van der Waals surface area contributed by atoms with E-state index in [1.165, 1.54) is 18.4 Å². The number of carbonyl (C=O) groups excluding carboxylic acids is 1. The predicted octanol–water partition coefficient (Wildman–Crippen LogP) is 2.85. The van der Waals surface area contributed by atoms with Crippen LogP contribution in [0.3, 0.4) is 0 Å². The Labute approximate surface area is 157 Å². The normalized spacial score (nSPS) is 24.4. The second kappa shape index (κ2) is 9.93. The number of aliphatic hydroxyl groups excluding tert-OH is 1. The van der Waals surface area contributed by atoms with Crippen molar-refractivity contribution in [3.8, 4) is 0 Å². The molecule has 0 aromatic heterocycles. The highest BCUT2D eigenvalue weighted by atomic mass is 16.3. The van der Waals surface area contributed by atoms with Crippen molar-refractivity contribution in [2.45, 2.75) is 51.1 Å². The van der Waals surface area contributed by atoms with E-state index in [0.29, 0.717) is 12.3 Å². The molecule has 5 heteroatoms. The van der Waals surface area contributed by atoms with Crippen LogP contribution in [-0.4, -0.2) is 59.8 Å². The number of hydrogen-bond acceptors (Lipinski definition) is 3. The zero-order valence-corrected chi connectivity index (χ0v) is 15.8. The van der Waals surface area contributed by atoms with E-state index in [-0.39, 0.29) is 18.7 Å². The first-order chi connectivity index (χ1) is 12.8. The summed E-state index contributed by atoms with van der Waals surface area (Å²) in [6, 6.07) is 10.9. The number of amides is 2. The van der Waals surface area contributed by atoms with E-state index in [0.717, 1.165) is 52.0 Å². The molecule has 2 aliphatic rings. The van der Waals surface area contributed by atoms with Crippen LogP contribution in [0.2, 0.25) is 0 Å². The standard InChI is InChI=1S/C21H33N3O2/c25-14-11-20-10-4-5-13-24(20)21(26)22-15-19-9-6-12-23(17-19)16-18-7-2-1-3-8-18/h1-3,7-8,19-20,25H,4-6,9-17H2,(H,22,26). The fourth-order valence-corrected chi connectivity index (χ4v) is 4.35. The molecule has 0 spiro atoms. The van der Waals surface area contributed by atoms with Crippen LogP contribution in [0, 0.1) is 5.92 Å². The van der Waals surface area contributed by atoms with Crippen molar-refractivity contribution in [3.05, 3.63) is 35.9 Å². The van der Waals surface area contributed by atoms with Gasteiger partial charge in [-0.3, -0.25) is 4.90 Å². The van der Waals surface area contributed by atoms with Crippen molar-refractivity contribution in [2.75, 3.05) is 32.8 Å². The molecule has 5 nitrogen and oxygen atoms in total. The zero-order chi connectivity index (χ0) is 18.2. The highest BCUT2D eigenvalue weighted by molar-refractivity contribution is 5.74. The monoisotopic (exact) mass is 359 g/mol. The van der Waals surface area contributed by atoms with Crippen molar-refractivity contribution < 1.29 is 9.90 Å². The second-order valence-electron chi connectivity index (χ2n) is 7.77. The molecular formula is C21H33N3O2. The van der Waals surface area contributed by atoms with Crippen LogP contribution in [0.5, 0.6) is 0 Å². The number of nitrogens with zero attached hydrogens (tertiary/aromatic N) is 2. The van der Waals surface area contributed by atoms with Gasteiger partial charge in [0.1, 0.15) is 0 Å². The molecule has 2 N–H and O–H groups in total. The van der Waals surface area contributed by atoms with Gasteiger partial charge in [-0.1, -0.05) is 30.3 Å². The van der Waals surface area contributed by atoms with Crippen molar-refractivity contribution in [3.63, 3.8) is 0 Å². The third kappa shape index (κ3) is 5.45. The van der Waals surface area contributed by atoms with Gasteiger partial charge in [-0.05, 0) is 56.6 Å². The van der Waals surface area contributed by atoms with Crippen molar-refractivity contribution in [2.24, 2.45) is 5.92 Å². The topological polar surface area (TPSA) is 55.8 Å². The fourth-order valence-electron chi connectivity index (χ4n) is 4.35. The molecule has 0 saturated carbocycles. The van der Waals surface area contributed by atoms with Crippen LogP contribution >= 0.6 is 0 Å². The minimum atomic E-state index is 0.0586. The number of urea groups is 1. The summed E-state index contributed by atoms with van der Waals surface area (Å²) in [5, 5.41) is 12.4. The number of rotatable bonds is 6. The smallest absolute Gasteiger partial charge is 0.317 e. The first kappa shape index (κ1) is 19.2. The summed E-state index contributed by atoms with van der Waals surface area (Å²) >= 11 is 0. The summed E-state index contributed by atoms with van der Waals surface area (Å²) in [5.41, 5.74) is 1.36. The number of hydrogen-bond donors (Lipinski definition) is 2. The SMILES string of the molecule is O=C(NCC1CCCN(Cc2ccccc2)C1)N1CCCCC1CCO. The third-order valence-corrected chi connectivity index (χ3v) is 5.74. The lowest BCUT2D eigenvalue weighted by atomic mass is 9.97. The summed E-state index contributed by atoms with van der Waals surface area (Å²) in [6.45, 7) is 4.93. The number of aliphatic hydroxyl groups is 1. The van der Waals surface area contributed by atoms with Crippen LogP contribution in [-0.2, 0) is 6.54 Å². The molecule has 2 atom stereocenters. The Kier molecular flexibility index (Phi) is 7.32. The molecule has 0 aliphatic carbocycles. The maximum absolute atomic E-state index is 12.6. The minimum absolute atomic E-state index is 0.0586. The molecular weight excluding hydrogens is 326 g/mol. The molecule has 3 rings (SSSR count). The number of piperidine rings is 2. The molecule has 2 fully saturated rings. The van der Waals surface area contributed by atoms with E-state index < -0.39 is 0 Å². The Balaban J connectivity index is 1.45. The van der Waals surface area contributed by atoms with E-state index in [2.05, 4.69) is 40.5 Å². The Bertz CT molecular complexity index is 549. The van der Waals surface area contributed by atoms with Crippen LogP contribution in [0.25, 0.3) is 0 Å². The molecule has 2 amide bonds. The van der Waals surface area contributed by atoms with Gasteiger partial charge < -0.3 is 15.3 Å². The van der Waals surface area contributed by atoms with Gasteiger partial charge in [0.25, 0.3) is 0 Å². The molecule has 0 bridgehead atoms. The van der Waals surface area contributed by atoms with Gasteiger partial charge in [0, 0.05) is 38.8 Å². The lowest BCUT2D eigenvalue weighted by molar-refractivity contribution is 0.126. The first-order valence-corrected chi connectivity index (χ1v) is 10.2. The van der Waals surface area contributed by atoms with E-state index in [1.54, 1.807) is 0 Å². The molecule has 2 aliphatic heterocycles. The molecule has 0 radical (unpaired) electrons. The second-order valence-corrected chi connectivity index (χ2v) is 7.77. The van der Waals surface area contributed by atoms with Crippen molar-refractivity contribution in [1.82, 2.24) is 15.1 Å². The van der Waals surface area contributed by atoms with Gasteiger partial charge in [-0.25, -0.2) is 4.79 Å². The highest BCUT2D eigenvalue weighted by Gasteiger charge is 2.27. The summed E-state index contributed by atoms with van der Waals surface area (Å²) < 4.78 is 0. The molecule has 1 aromatic rings. The van der Waals surface area contributed by atoms with Gasteiger partial charge in [0.05, 0.1) is 0 Å². The average molecular weight is 360 g/mol. The van der Waals surface area contributed by atoms with Gasteiger partial charge >= 0.3 is 6.03 Å². The predicted molar refractivity (Wildman–Crippen MR) is 104 cm³/mol. The van der Waals surface area contributed by atoms with Crippen LogP contribution < -0.4 is 5.32 Å². The molecule has 144 valence electrons. The van der Waals surface area contributed by atoms with E-state index >= 15 is 0 Å². The summed E-state index contributed by atoms with van der Waals surface area (Å²) in [7, 11) is 0. The van der Waals surface area contributed by atoms with Crippen LogP contribution in [0.4, 0.5) is 4.79 Å². The minimum Gasteiger partial charge on any atom is -0.396 e. The molecule has 2 saturated heterocycles. The fraction of sp³-hybridized carbons (Fsp3) is 0.667. The Morgan fingerprint density at radius 2 is 1.96 bits per heavy atom. The number of benzene rings is 1. The maximum atomic E-state index is 12.6. The van der Waals surface area contributed by atoms with Gasteiger partial charge in [0.2, 0.25) is 0 Å². The highest BCUT2D eigenvalue weighted by Crippen LogP contribution is 2.21. The van der Waals surface area contributed by atoms with Gasteiger partial charge in [-0.15, -0.1) is 0 Å². The number of likely N-dealkylation sites (tertiary alicyclic amines) is 2. The summed E-state index contributed by atoms with van der Waals surface area (Å²) in [4.78, 5) is 17.1.